The van der Waals surface area contributed by atoms with Gasteiger partial charge >= 0.3 is 0 Å². The zero-order chi connectivity index (χ0) is 19.8. The van der Waals surface area contributed by atoms with E-state index in [2.05, 4.69) is 33.0 Å². The van der Waals surface area contributed by atoms with Gasteiger partial charge in [-0.3, -0.25) is 10.1 Å². The van der Waals surface area contributed by atoms with Gasteiger partial charge in [0.25, 0.3) is 0 Å². The summed E-state index contributed by atoms with van der Waals surface area (Å²) in [6.45, 7) is 1.97. The molecule has 0 spiro atoms. The van der Waals surface area contributed by atoms with Gasteiger partial charge < -0.3 is 10.6 Å². The van der Waals surface area contributed by atoms with Crippen LogP contribution in [0.25, 0.3) is 10.9 Å². The Balaban J connectivity index is 1.60. The number of nitrogens with one attached hydrogen (secondary N) is 3. The predicted octanol–water partition coefficient (Wildman–Crippen LogP) is 4.99. The highest BCUT2D eigenvalue weighted by Crippen LogP contribution is 2.33. The van der Waals surface area contributed by atoms with Gasteiger partial charge in [-0.05, 0) is 49.6 Å². The molecule has 1 atom stereocenters. The summed E-state index contributed by atoms with van der Waals surface area (Å²) in [4.78, 5) is 4.94. The van der Waals surface area contributed by atoms with E-state index in [9.17, 15) is 4.39 Å². The molecule has 0 aliphatic heterocycles. The van der Waals surface area contributed by atoms with E-state index in [4.69, 9.17) is 4.98 Å². The van der Waals surface area contributed by atoms with Crippen LogP contribution in [0, 0.1) is 12.7 Å². The smallest absolute Gasteiger partial charge is 0.152 e. The number of para-hydroxylation sites is 1. The SMILES string of the molecule is Cc1cc(Nc2cc([C@H](NC3CC3)c3ccc(F)cc3)nc3ccccc23)n[nH]1. The summed E-state index contributed by atoms with van der Waals surface area (Å²) < 4.78 is 13.5. The fraction of sp³-hybridized carbons (Fsp3) is 0.217. The number of H-pyrrole nitrogens is 1. The molecule has 6 heteroatoms. The minimum Gasteiger partial charge on any atom is -0.338 e. The molecule has 0 amide bonds. The minimum atomic E-state index is -0.235. The number of hydrogen-bond donors (Lipinski definition) is 3. The zero-order valence-electron chi connectivity index (χ0n) is 16.1. The normalized spacial score (nSPS) is 14.8. The largest absolute Gasteiger partial charge is 0.338 e. The Hall–Kier alpha value is -3.25. The van der Waals surface area contributed by atoms with Crippen molar-refractivity contribution in [3.63, 3.8) is 0 Å². The molecule has 5 rings (SSSR count). The highest BCUT2D eigenvalue weighted by atomic mass is 19.1. The Morgan fingerprint density at radius 1 is 1.07 bits per heavy atom. The zero-order valence-corrected chi connectivity index (χ0v) is 16.1. The van der Waals surface area contributed by atoms with Gasteiger partial charge in [0.05, 0.1) is 22.9 Å². The van der Waals surface area contributed by atoms with E-state index in [0.717, 1.165) is 52.2 Å². The van der Waals surface area contributed by atoms with Crippen molar-refractivity contribution in [2.24, 2.45) is 0 Å². The second-order valence-corrected chi connectivity index (χ2v) is 7.60. The monoisotopic (exact) mass is 387 g/mol. The van der Waals surface area contributed by atoms with Crippen molar-refractivity contribution >= 4 is 22.4 Å². The van der Waals surface area contributed by atoms with Gasteiger partial charge in [-0.2, -0.15) is 5.10 Å². The van der Waals surface area contributed by atoms with Gasteiger partial charge in [0.2, 0.25) is 0 Å². The van der Waals surface area contributed by atoms with Crippen molar-refractivity contribution in [2.45, 2.75) is 31.8 Å². The lowest BCUT2D eigenvalue weighted by Gasteiger charge is -2.21. The van der Waals surface area contributed by atoms with Crippen LogP contribution >= 0.6 is 0 Å². The van der Waals surface area contributed by atoms with Crippen LogP contribution in [0.3, 0.4) is 0 Å². The van der Waals surface area contributed by atoms with Crippen molar-refractivity contribution in [1.82, 2.24) is 20.5 Å². The van der Waals surface area contributed by atoms with Gasteiger partial charge in [-0.15, -0.1) is 0 Å². The molecule has 5 nitrogen and oxygen atoms in total. The van der Waals surface area contributed by atoms with Crippen LogP contribution in [0.4, 0.5) is 15.9 Å². The van der Waals surface area contributed by atoms with E-state index in [-0.39, 0.29) is 11.9 Å². The van der Waals surface area contributed by atoms with E-state index in [1.165, 1.54) is 12.1 Å². The first-order chi connectivity index (χ1) is 14.2. The Labute approximate surface area is 168 Å². The molecule has 0 bridgehead atoms. The third-order valence-corrected chi connectivity index (χ3v) is 5.18. The number of hydrogen-bond acceptors (Lipinski definition) is 4. The molecule has 146 valence electrons. The fourth-order valence-corrected chi connectivity index (χ4v) is 3.56. The summed E-state index contributed by atoms with van der Waals surface area (Å²) in [6.07, 6.45) is 2.31. The number of rotatable bonds is 6. The summed E-state index contributed by atoms with van der Waals surface area (Å²) >= 11 is 0. The second-order valence-electron chi connectivity index (χ2n) is 7.60. The predicted molar refractivity (Wildman–Crippen MR) is 113 cm³/mol. The molecule has 3 N–H and O–H groups in total. The molecule has 0 radical (unpaired) electrons. The van der Waals surface area contributed by atoms with Crippen LogP contribution in [0.15, 0.2) is 60.7 Å². The molecule has 0 saturated heterocycles. The number of anilines is 2. The van der Waals surface area contributed by atoms with Crippen molar-refractivity contribution in [1.29, 1.82) is 0 Å². The van der Waals surface area contributed by atoms with Crippen LogP contribution in [-0.2, 0) is 0 Å². The Morgan fingerprint density at radius 2 is 1.86 bits per heavy atom. The summed E-state index contributed by atoms with van der Waals surface area (Å²) in [7, 11) is 0. The molecular formula is C23H22FN5. The van der Waals surface area contributed by atoms with E-state index < -0.39 is 0 Å². The summed E-state index contributed by atoms with van der Waals surface area (Å²) in [5.41, 5.74) is 4.75. The van der Waals surface area contributed by atoms with E-state index in [1.54, 1.807) is 0 Å². The first-order valence-electron chi connectivity index (χ1n) is 9.86. The lowest BCUT2D eigenvalue weighted by atomic mass is 10.0. The van der Waals surface area contributed by atoms with Crippen LogP contribution in [0.1, 0.15) is 35.8 Å². The minimum absolute atomic E-state index is 0.103. The molecule has 0 unspecified atom stereocenters. The molecule has 1 aliphatic rings. The van der Waals surface area contributed by atoms with Gasteiger partial charge in [0, 0.05) is 23.2 Å². The second kappa shape index (κ2) is 7.29. The van der Waals surface area contributed by atoms with Gasteiger partial charge in [-0.1, -0.05) is 30.3 Å². The van der Waals surface area contributed by atoms with Crippen LogP contribution in [0.5, 0.6) is 0 Å². The Morgan fingerprint density at radius 3 is 2.59 bits per heavy atom. The maximum Gasteiger partial charge on any atom is 0.152 e. The highest BCUT2D eigenvalue weighted by molar-refractivity contribution is 5.93. The van der Waals surface area contributed by atoms with Crippen molar-refractivity contribution in [3.05, 3.63) is 83.4 Å². The molecule has 2 aromatic carbocycles. The van der Waals surface area contributed by atoms with Gasteiger partial charge in [0.15, 0.2) is 5.82 Å². The van der Waals surface area contributed by atoms with E-state index in [0.29, 0.717) is 6.04 Å². The summed E-state index contributed by atoms with van der Waals surface area (Å²) in [5.74, 6) is 0.528. The third-order valence-electron chi connectivity index (χ3n) is 5.18. The van der Waals surface area contributed by atoms with Gasteiger partial charge in [0.1, 0.15) is 5.82 Å². The number of aryl methyl sites for hydroxylation is 1. The molecular weight excluding hydrogens is 365 g/mol. The van der Waals surface area contributed by atoms with E-state index >= 15 is 0 Å². The molecule has 1 saturated carbocycles. The molecule has 1 fully saturated rings. The average Bonchev–Trinajstić information content (AvgIpc) is 3.46. The first kappa shape index (κ1) is 17.8. The highest BCUT2D eigenvalue weighted by Gasteiger charge is 2.27. The number of nitrogens with zero attached hydrogens (tertiary/aromatic N) is 2. The number of benzene rings is 2. The Bertz CT molecular complexity index is 1150. The van der Waals surface area contributed by atoms with Crippen LogP contribution in [-0.4, -0.2) is 21.2 Å². The molecule has 29 heavy (non-hydrogen) atoms. The maximum atomic E-state index is 13.5. The average molecular weight is 387 g/mol. The van der Waals surface area contributed by atoms with Crippen molar-refractivity contribution in [2.75, 3.05) is 5.32 Å². The van der Waals surface area contributed by atoms with Crippen LogP contribution < -0.4 is 10.6 Å². The molecule has 2 aromatic heterocycles. The third kappa shape index (κ3) is 3.84. The number of aromatic nitrogens is 3. The van der Waals surface area contributed by atoms with E-state index in [1.807, 2.05) is 43.3 Å². The maximum absolute atomic E-state index is 13.5. The molecule has 4 aromatic rings. The number of aromatic amines is 1. The standard InChI is InChI=1S/C23H22FN5/c1-14-12-22(29-28-14)27-20-13-21(26-19-5-3-2-4-18(19)20)23(25-17-10-11-17)15-6-8-16(24)9-7-15/h2-9,12-13,17,23,25H,10-11H2,1H3,(H2,26,27,28,29)/t23-/m1/s1. The quantitative estimate of drug-likeness (QED) is 0.436. The number of fused-ring (bicyclic) bond motifs is 1. The summed E-state index contributed by atoms with van der Waals surface area (Å²) in [5, 5.41) is 15.4. The first-order valence-corrected chi connectivity index (χ1v) is 9.86. The molecule has 2 heterocycles. The summed E-state index contributed by atoms with van der Waals surface area (Å²) in [6, 6.07) is 19.1. The van der Waals surface area contributed by atoms with Crippen LogP contribution in [0.2, 0.25) is 0 Å². The topological polar surface area (TPSA) is 65.6 Å². The van der Waals surface area contributed by atoms with Crippen molar-refractivity contribution < 1.29 is 4.39 Å². The van der Waals surface area contributed by atoms with Crippen molar-refractivity contribution in [3.8, 4) is 0 Å². The Kier molecular flexibility index (Phi) is 4.48. The molecule has 1 aliphatic carbocycles. The number of pyridine rings is 1. The number of halogens is 1. The van der Waals surface area contributed by atoms with Gasteiger partial charge in [-0.25, -0.2) is 4.39 Å². The fourth-order valence-electron chi connectivity index (χ4n) is 3.56. The lowest BCUT2D eigenvalue weighted by molar-refractivity contribution is 0.585. The lowest BCUT2D eigenvalue weighted by Crippen LogP contribution is -2.25.